The van der Waals surface area contributed by atoms with Crippen LogP contribution in [0, 0.1) is 36.5 Å². The van der Waals surface area contributed by atoms with Gasteiger partial charge in [0.15, 0.2) is 0 Å². The zero-order valence-corrected chi connectivity index (χ0v) is 13.6. The Bertz CT molecular complexity index is 816. The molecular formula is C17H14N4OS. The number of aryl methyl sites for hydroxylation is 2. The van der Waals surface area contributed by atoms with Gasteiger partial charge in [-0.2, -0.15) is 10.5 Å². The van der Waals surface area contributed by atoms with Crippen LogP contribution >= 0.6 is 11.8 Å². The molecule has 1 heterocycles. The molecule has 2 aromatic rings. The van der Waals surface area contributed by atoms with Crippen LogP contribution in [0.15, 0.2) is 35.4 Å². The molecule has 114 valence electrons. The number of hydrogen-bond acceptors (Lipinski definition) is 5. The van der Waals surface area contributed by atoms with E-state index in [4.69, 9.17) is 5.26 Å². The number of carbonyl (C=O) groups is 1. The molecule has 2 rings (SSSR count). The molecule has 23 heavy (non-hydrogen) atoms. The number of pyridine rings is 1. The van der Waals surface area contributed by atoms with Crippen molar-refractivity contribution in [3.8, 4) is 12.1 Å². The van der Waals surface area contributed by atoms with Crippen molar-refractivity contribution >= 4 is 23.4 Å². The van der Waals surface area contributed by atoms with E-state index in [2.05, 4.69) is 16.4 Å². The molecule has 0 aliphatic carbocycles. The standard InChI is InChI=1S/C17H14N4OS/c1-11-7-12(2)20-17(15(11)9-19)23-10-16(22)21-14-5-3-13(8-18)4-6-14/h3-7H,10H2,1-2H3,(H,21,22). The number of nitrogens with one attached hydrogen (secondary N) is 1. The Labute approximate surface area is 139 Å². The van der Waals surface area contributed by atoms with E-state index >= 15 is 0 Å². The lowest BCUT2D eigenvalue weighted by molar-refractivity contribution is -0.113. The molecule has 6 heteroatoms. The van der Waals surface area contributed by atoms with Crippen molar-refractivity contribution in [3.05, 3.63) is 52.7 Å². The molecule has 0 unspecified atom stereocenters. The number of nitriles is 2. The minimum atomic E-state index is -0.190. The predicted octanol–water partition coefficient (Wildman–Crippen LogP) is 3.17. The Morgan fingerprint density at radius 3 is 2.52 bits per heavy atom. The molecule has 0 aliphatic heterocycles. The average Bonchev–Trinajstić information content (AvgIpc) is 2.53. The minimum absolute atomic E-state index is 0.157. The number of nitrogens with zero attached hydrogens (tertiary/aromatic N) is 3. The van der Waals surface area contributed by atoms with Crippen molar-refractivity contribution < 1.29 is 4.79 Å². The van der Waals surface area contributed by atoms with Crippen molar-refractivity contribution in [1.29, 1.82) is 10.5 Å². The van der Waals surface area contributed by atoms with Crippen molar-refractivity contribution in [2.24, 2.45) is 0 Å². The number of thioether (sulfide) groups is 1. The Morgan fingerprint density at radius 1 is 1.22 bits per heavy atom. The first kappa shape index (κ1) is 16.5. The van der Waals surface area contributed by atoms with E-state index in [1.54, 1.807) is 24.3 Å². The molecule has 0 aliphatic rings. The summed E-state index contributed by atoms with van der Waals surface area (Å²) < 4.78 is 0. The summed E-state index contributed by atoms with van der Waals surface area (Å²) in [6, 6.07) is 12.6. The maximum atomic E-state index is 12.0. The molecule has 0 bridgehead atoms. The summed E-state index contributed by atoms with van der Waals surface area (Å²) >= 11 is 1.24. The van der Waals surface area contributed by atoms with Crippen molar-refractivity contribution in [2.45, 2.75) is 18.9 Å². The zero-order valence-electron chi connectivity index (χ0n) is 12.8. The number of carbonyl (C=O) groups excluding carboxylic acids is 1. The maximum Gasteiger partial charge on any atom is 0.234 e. The molecule has 1 amide bonds. The molecular weight excluding hydrogens is 308 g/mol. The lowest BCUT2D eigenvalue weighted by Crippen LogP contribution is -2.14. The molecule has 0 spiro atoms. The van der Waals surface area contributed by atoms with Crippen LogP contribution in [0.25, 0.3) is 0 Å². The Morgan fingerprint density at radius 2 is 1.91 bits per heavy atom. The summed E-state index contributed by atoms with van der Waals surface area (Å²) in [5.74, 6) is -0.0329. The highest BCUT2D eigenvalue weighted by atomic mass is 32.2. The third-order valence-electron chi connectivity index (χ3n) is 3.06. The quantitative estimate of drug-likeness (QED) is 0.873. The molecule has 1 aromatic carbocycles. The van der Waals surface area contributed by atoms with Gasteiger partial charge in [-0.1, -0.05) is 11.8 Å². The van der Waals surface area contributed by atoms with Crippen molar-refractivity contribution in [3.63, 3.8) is 0 Å². The fraction of sp³-hybridized carbons (Fsp3) is 0.176. The maximum absolute atomic E-state index is 12.0. The first-order valence-corrected chi connectivity index (χ1v) is 7.83. The fourth-order valence-electron chi connectivity index (χ4n) is 2.00. The molecule has 0 atom stereocenters. The van der Waals surface area contributed by atoms with E-state index in [9.17, 15) is 10.1 Å². The number of rotatable bonds is 4. The predicted molar refractivity (Wildman–Crippen MR) is 88.9 cm³/mol. The average molecular weight is 322 g/mol. The summed E-state index contributed by atoms with van der Waals surface area (Å²) in [6.45, 7) is 3.71. The van der Waals surface area contributed by atoms with Crippen LogP contribution in [0.4, 0.5) is 5.69 Å². The van der Waals surface area contributed by atoms with Crippen LogP contribution in [0.2, 0.25) is 0 Å². The van der Waals surface area contributed by atoms with Gasteiger partial charge in [0.25, 0.3) is 0 Å². The van der Waals surface area contributed by atoms with Gasteiger partial charge in [0.1, 0.15) is 11.1 Å². The summed E-state index contributed by atoms with van der Waals surface area (Å²) in [4.78, 5) is 16.3. The summed E-state index contributed by atoms with van der Waals surface area (Å²) in [5.41, 5.74) is 3.34. The van der Waals surface area contributed by atoms with Gasteiger partial charge in [-0.25, -0.2) is 4.98 Å². The van der Waals surface area contributed by atoms with E-state index in [-0.39, 0.29) is 11.7 Å². The first-order chi connectivity index (χ1) is 11.0. The van der Waals surface area contributed by atoms with Gasteiger partial charge >= 0.3 is 0 Å². The van der Waals surface area contributed by atoms with Crippen molar-refractivity contribution in [2.75, 3.05) is 11.1 Å². The highest BCUT2D eigenvalue weighted by molar-refractivity contribution is 8.00. The minimum Gasteiger partial charge on any atom is -0.325 e. The summed E-state index contributed by atoms with van der Waals surface area (Å²) in [7, 11) is 0. The van der Waals surface area contributed by atoms with Gasteiger partial charge in [0, 0.05) is 11.4 Å². The summed E-state index contributed by atoms with van der Waals surface area (Å²) in [6.07, 6.45) is 0. The van der Waals surface area contributed by atoms with Gasteiger partial charge < -0.3 is 5.32 Å². The monoisotopic (exact) mass is 322 g/mol. The number of benzene rings is 1. The van der Waals surface area contributed by atoms with Gasteiger partial charge in [0.05, 0.1) is 22.9 Å². The molecule has 5 nitrogen and oxygen atoms in total. The SMILES string of the molecule is Cc1cc(C)c(C#N)c(SCC(=O)Nc2ccc(C#N)cc2)n1. The second kappa shape index (κ2) is 7.44. The largest absolute Gasteiger partial charge is 0.325 e. The van der Waals surface area contributed by atoms with E-state index < -0.39 is 0 Å². The van der Waals surface area contributed by atoms with E-state index in [1.807, 2.05) is 26.0 Å². The van der Waals surface area contributed by atoms with Crippen LogP contribution in [0.1, 0.15) is 22.4 Å². The first-order valence-electron chi connectivity index (χ1n) is 6.84. The van der Waals surface area contributed by atoms with Crippen LogP contribution < -0.4 is 5.32 Å². The normalized spacial score (nSPS) is 9.74. The zero-order chi connectivity index (χ0) is 16.8. The number of hydrogen-bond donors (Lipinski definition) is 1. The molecule has 0 saturated heterocycles. The lowest BCUT2D eigenvalue weighted by atomic mass is 10.1. The van der Waals surface area contributed by atoms with Crippen molar-refractivity contribution in [1.82, 2.24) is 4.98 Å². The number of anilines is 1. The summed E-state index contributed by atoms with van der Waals surface area (Å²) in [5, 5.41) is 21.3. The van der Waals surface area contributed by atoms with E-state index in [0.717, 1.165) is 11.3 Å². The van der Waals surface area contributed by atoms with Gasteiger partial charge in [0.2, 0.25) is 5.91 Å². The van der Waals surface area contributed by atoms with Crippen LogP contribution in [0.3, 0.4) is 0 Å². The molecule has 0 radical (unpaired) electrons. The highest BCUT2D eigenvalue weighted by Crippen LogP contribution is 2.23. The third kappa shape index (κ3) is 4.32. The van der Waals surface area contributed by atoms with Gasteiger partial charge in [-0.15, -0.1) is 0 Å². The van der Waals surface area contributed by atoms with Crippen LogP contribution in [0.5, 0.6) is 0 Å². The Balaban J connectivity index is 2.02. The molecule has 1 N–H and O–H groups in total. The third-order valence-corrected chi connectivity index (χ3v) is 4.04. The van der Waals surface area contributed by atoms with Crippen LogP contribution in [-0.2, 0) is 4.79 Å². The Hall–Kier alpha value is -2.83. The highest BCUT2D eigenvalue weighted by Gasteiger charge is 2.11. The van der Waals surface area contributed by atoms with E-state index in [1.165, 1.54) is 11.8 Å². The smallest absolute Gasteiger partial charge is 0.234 e. The molecule has 0 fully saturated rings. The van der Waals surface area contributed by atoms with Gasteiger partial charge in [-0.3, -0.25) is 4.79 Å². The number of amides is 1. The van der Waals surface area contributed by atoms with Gasteiger partial charge in [-0.05, 0) is 49.7 Å². The topological polar surface area (TPSA) is 89.6 Å². The second-order valence-corrected chi connectivity index (χ2v) is 5.86. The number of aromatic nitrogens is 1. The Kier molecular flexibility index (Phi) is 5.35. The fourth-order valence-corrected chi connectivity index (χ4v) is 2.90. The molecule has 0 saturated carbocycles. The van der Waals surface area contributed by atoms with Crippen LogP contribution in [-0.4, -0.2) is 16.6 Å². The second-order valence-electron chi connectivity index (χ2n) is 4.90. The van der Waals surface area contributed by atoms with E-state index in [0.29, 0.717) is 21.8 Å². The lowest BCUT2D eigenvalue weighted by Gasteiger charge is -2.08. The molecule has 1 aromatic heterocycles.